The van der Waals surface area contributed by atoms with Gasteiger partial charge in [-0.1, -0.05) is 0 Å². The van der Waals surface area contributed by atoms with Gasteiger partial charge in [0.2, 0.25) is 11.8 Å². The van der Waals surface area contributed by atoms with Gasteiger partial charge in [-0.05, 0) is 18.9 Å². The SMILES string of the molecule is COC(=O)CCNc1nccc(-n2cnc3c(NC4CC4)nc(C(F)(F)F)nc32)n1. The molecular weight excluding hydrogens is 405 g/mol. The van der Waals surface area contributed by atoms with Gasteiger partial charge in [-0.3, -0.25) is 9.36 Å². The van der Waals surface area contributed by atoms with Crippen LogP contribution in [0.5, 0.6) is 0 Å². The Bertz CT molecular complexity index is 1080. The molecule has 1 aliphatic carbocycles. The van der Waals surface area contributed by atoms with Gasteiger partial charge in [0.25, 0.3) is 0 Å². The Morgan fingerprint density at radius 3 is 2.77 bits per heavy atom. The van der Waals surface area contributed by atoms with Crippen molar-refractivity contribution in [3.05, 3.63) is 24.4 Å². The molecule has 0 unspecified atom stereocenters. The van der Waals surface area contributed by atoms with Gasteiger partial charge in [0.15, 0.2) is 17.0 Å². The molecule has 0 atom stereocenters. The Balaban J connectivity index is 1.69. The lowest BCUT2D eigenvalue weighted by Crippen LogP contribution is -2.15. The predicted octanol–water partition coefficient (Wildman–Crippen LogP) is 2.17. The molecular formula is C17H17F3N8O2. The predicted molar refractivity (Wildman–Crippen MR) is 99.0 cm³/mol. The number of fused-ring (bicyclic) bond motifs is 1. The van der Waals surface area contributed by atoms with Gasteiger partial charge in [-0.15, -0.1) is 0 Å². The largest absolute Gasteiger partial charge is 0.469 e. The fourth-order valence-electron chi connectivity index (χ4n) is 2.66. The molecule has 3 heterocycles. The van der Waals surface area contributed by atoms with Crippen LogP contribution < -0.4 is 10.6 Å². The van der Waals surface area contributed by atoms with E-state index >= 15 is 0 Å². The van der Waals surface area contributed by atoms with Crippen LogP contribution in [0.4, 0.5) is 24.9 Å². The number of imidazole rings is 1. The highest BCUT2D eigenvalue weighted by atomic mass is 19.4. The number of methoxy groups -OCH3 is 1. The van der Waals surface area contributed by atoms with Crippen molar-refractivity contribution >= 4 is 28.9 Å². The number of alkyl halides is 3. The van der Waals surface area contributed by atoms with E-state index in [0.29, 0.717) is 0 Å². The number of carbonyl (C=O) groups is 1. The molecule has 0 spiro atoms. The number of nitrogens with zero attached hydrogens (tertiary/aromatic N) is 6. The van der Waals surface area contributed by atoms with Gasteiger partial charge < -0.3 is 15.4 Å². The summed E-state index contributed by atoms with van der Waals surface area (Å²) >= 11 is 0. The van der Waals surface area contributed by atoms with E-state index in [1.807, 2.05) is 0 Å². The molecule has 0 aromatic carbocycles. The van der Waals surface area contributed by atoms with Crippen LogP contribution in [0.3, 0.4) is 0 Å². The molecule has 1 saturated carbocycles. The maximum Gasteiger partial charge on any atom is 0.451 e. The topological polar surface area (TPSA) is 120 Å². The summed E-state index contributed by atoms with van der Waals surface area (Å²) in [6.45, 7) is 0.233. The monoisotopic (exact) mass is 422 g/mol. The summed E-state index contributed by atoms with van der Waals surface area (Å²) in [5, 5.41) is 5.84. The Hall–Kier alpha value is -3.51. The number of halogens is 3. The summed E-state index contributed by atoms with van der Waals surface area (Å²) < 4.78 is 45.9. The third-order valence-corrected chi connectivity index (χ3v) is 4.30. The molecule has 3 aromatic heterocycles. The first-order chi connectivity index (χ1) is 14.3. The third kappa shape index (κ3) is 4.23. The number of hydrogen-bond donors (Lipinski definition) is 2. The molecule has 0 bridgehead atoms. The van der Waals surface area contributed by atoms with Crippen LogP contribution in [0, 0.1) is 0 Å². The molecule has 1 fully saturated rings. The van der Waals surface area contributed by atoms with Gasteiger partial charge >= 0.3 is 12.1 Å². The van der Waals surface area contributed by atoms with Gasteiger partial charge in [-0.25, -0.2) is 19.9 Å². The Kier molecular flexibility index (Phi) is 5.10. The van der Waals surface area contributed by atoms with E-state index in [1.165, 1.54) is 30.3 Å². The zero-order valence-electron chi connectivity index (χ0n) is 15.8. The summed E-state index contributed by atoms with van der Waals surface area (Å²) in [6.07, 6.45) is -0.117. The Morgan fingerprint density at radius 2 is 2.07 bits per heavy atom. The van der Waals surface area contributed by atoms with Crippen LogP contribution in [0.2, 0.25) is 0 Å². The fourth-order valence-corrected chi connectivity index (χ4v) is 2.66. The van der Waals surface area contributed by atoms with Gasteiger partial charge in [0.05, 0.1) is 13.5 Å². The first-order valence-corrected chi connectivity index (χ1v) is 9.08. The molecule has 13 heteroatoms. The van der Waals surface area contributed by atoms with Crippen molar-refractivity contribution in [3.63, 3.8) is 0 Å². The number of esters is 1. The van der Waals surface area contributed by atoms with Crippen LogP contribution in [0.15, 0.2) is 18.6 Å². The minimum atomic E-state index is -4.71. The van der Waals surface area contributed by atoms with E-state index in [4.69, 9.17) is 0 Å². The van der Waals surface area contributed by atoms with Crippen molar-refractivity contribution in [2.24, 2.45) is 0 Å². The van der Waals surface area contributed by atoms with Crippen LogP contribution in [0.25, 0.3) is 17.0 Å². The van der Waals surface area contributed by atoms with Crippen LogP contribution in [0.1, 0.15) is 25.1 Å². The van der Waals surface area contributed by atoms with E-state index < -0.39 is 18.0 Å². The summed E-state index contributed by atoms with van der Waals surface area (Å²) in [6, 6.07) is 1.59. The molecule has 0 radical (unpaired) electrons. The molecule has 4 rings (SSSR count). The van der Waals surface area contributed by atoms with E-state index in [1.54, 1.807) is 0 Å². The lowest BCUT2D eigenvalue weighted by atomic mass is 10.4. The molecule has 3 aromatic rings. The quantitative estimate of drug-likeness (QED) is 0.552. The zero-order valence-corrected chi connectivity index (χ0v) is 15.8. The van der Waals surface area contributed by atoms with Crippen molar-refractivity contribution in [3.8, 4) is 5.82 Å². The minimum Gasteiger partial charge on any atom is -0.469 e. The average molecular weight is 422 g/mol. The number of anilines is 2. The lowest BCUT2D eigenvalue weighted by molar-refractivity contribution is -0.144. The number of nitrogens with one attached hydrogen (secondary N) is 2. The highest BCUT2D eigenvalue weighted by Crippen LogP contribution is 2.32. The summed E-state index contributed by atoms with van der Waals surface area (Å²) in [4.78, 5) is 31.0. The van der Waals surface area contributed by atoms with Crippen LogP contribution in [-0.4, -0.2) is 55.2 Å². The van der Waals surface area contributed by atoms with Crippen molar-refractivity contribution in [1.29, 1.82) is 0 Å². The molecule has 0 amide bonds. The number of hydrogen-bond acceptors (Lipinski definition) is 9. The summed E-state index contributed by atoms with van der Waals surface area (Å²) in [5.74, 6) is -1.16. The first kappa shape index (κ1) is 19.8. The Morgan fingerprint density at radius 1 is 1.27 bits per heavy atom. The molecule has 1 aliphatic rings. The average Bonchev–Trinajstić information content (AvgIpc) is 3.42. The van der Waals surface area contributed by atoms with Crippen molar-refractivity contribution in [2.75, 3.05) is 24.3 Å². The molecule has 10 nitrogen and oxygen atoms in total. The van der Waals surface area contributed by atoms with E-state index in [0.717, 1.165) is 12.8 Å². The summed E-state index contributed by atoms with van der Waals surface area (Å²) in [7, 11) is 1.28. The van der Waals surface area contributed by atoms with Gasteiger partial charge in [0, 0.05) is 18.8 Å². The fraction of sp³-hybridized carbons (Fsp3) is 0.412. The maximum atomic E-state index is 13.3. The summed E-state index contributed by atoms with van der Waals surface area (Å²) in [5.41, 5.74) is 0.188. The Labute approximate surface area is 167 Å². The van der Waals surface area contributed by atoms with E-state index in [-0.39, 0.29) is 47.8 Å². The molecule has 0 saturated heterocycles. The zero-order chi connectivity index (χ0) is 21.3. The van der Waals surface area contributed by atoms with Crippen molar-refractivity contribution < 1.29 is 22.7 Å². The third-order valence-electron chi connectivity index (χ3n) is 4.30. The van der Waals surface area contributed by atoms with Crippen LogP contribution >= 0.6 is 0 Å². The standard InChI is InChI=1S/C17H17F3N8O2/c1-30-11(29)5-7-22-16-21-6-4-10(25-16)28-8-23-12-13(24-9-2-3-9)26-15(17(18,19)20)27-14(12)28/h4,6,8-9H,2-3,5,7H2,1H3,(H,21,22,25)(H,24,26,27). The van der Waals surface area contributed by atoms with E-state index in [9.17, 15) is 18.0 Å². The number of ether oxygens (including phenoxy) is 1. The van der Waals surface area contributed by atoms with Crippen LogP contribution in [-0.2, 0) is 15.7 Å². The highest BCUT2D eigenvalue weighted by Gasteiger charge is 2.37. The molecule has 30 heavy (non-hydrogen) atoms. The molecule has 2 N–H and O–H groups in total. The number of rotatable bonds is 7. The van der Waals surface area contributed by atoms with Crippen molar-refractivity contribution in [2.45, 2.75) is 31.5 Å². The minimum absolute atomic E-state index is 0.0281. The second-order valence-electron chi connectivity index (χ2n) is 6.59. The lowest BCUT2D eigenvalue weighted by Gasteiger charge is -2.11. The van der Waals surface area contributed by atoms with Gasteiger partial charge in [0.1, 0.15) is 12.1 Å². The number of carbonyl (C=O) groups excluding carboxylic acids is 1. The molecule has 158 valence electrons. The smallest absolute Gasteiger partial charge is 0.451 e. The highest BCUT2D eigenvalue weighted by molar-refractivity contribution is 5.84. The first-order valence-electron chi connectivity index (χ1n) is 9.08. The van der Waals surface area contributed by atoms with Crippen molar-refractivity contribution in [1.82, 2.24) is 29.5 Å². The normalized spacial score (nSPS) is 14.0. The second kappa shape index (κ2) is 7.72. The number of aromatic nitrogens is 6. The maximum absolute atomic E-state index is 13.3. The van der Waals surface area contributed by atoms with E-state index in [2.05, 4.69) is 40.3 Å². The second-order valence-corrected chi connectivity index (χ2v) is 6.59. The van der Waals surface area contributed by atoms with Gasteiger partial charge in [-0.2, -0.15) is 18.2 Å². The molecule has 0 aliphatic heterocycles.